The first-order valence-electron chi connectivity index (χ1n) is 7.88. The molecule has 0 atom stereocenters. The molecule has 0 fully saturated rings. The molecule has 0 amide bonds. The van der Waals surface area contributed by atoms with E-state index < -0.39 is 5.97 Å². The van der Waals surface area contributed by atoms with E-state index in [4.69, 9.17) is 4.74 Å². The fraction of sp³-hybridized carbons (Fsp3) is 0.167. The Morgan fingerprint density at radius 2 is 2.16 bits per heavy atom. The van der Waals surface area contributed by atoms with Gasteiger partial charge in [0.15, 0.2) is 4.96 Å². The second kappa shape index (κ2) is 6.18. The van der Waals surface area contributed by atoms with Gasteiger partial charge in [-0.1, -0.05) is 18.2 Å². The highest BCUT2D eigenvalue weighted by molar-refractivity contribution is 7.15. The summed E-state index contributed by atoms with van der Waals surface area (Å²) in [4.78, 5) is 29.4. The zero-order chi connectivity index (χ0) is 17.4. The standard InChI is InChI=1S/C18H15N3O3S/c1-2-20-10-14(13-5-3-4-6-15(13)20)17(23)24-11-12-9-16(22)21-7-8-25-18(21)19-12/h3-10H,2,11H2,1H3. The second-order valence-corrected chi connectivity index (χ2v) is 6.44. The maximum atomic E-state index is 12.5. The number of esters is 1. The minimum Gasteiger partial charge on any atom is -0.456 e. The lowest BCUT2D eigenvalue weighted by Crippen LogP contribution is -2.14. The third-order valence-corrected chi connectivity index (χ3v) is 4.81. The molecule has 3 aromatic heterocycles. The van der Waals surface area contributed by atoms with Crippen LogP contribution in [0.2, 0.25) is 0 Å². The van der Waals surface area contributed by atoms with Crippen molar-refractivity contribution in [3.8, 4) is 0 Å². The zero-order valence-corrected chi connectivity index (χ0v) is 14.3. The summed E-state index contributed by atoms with van der Waals surface area (Å²) >= 11 is 1.36. The van der Waals surface area contributed by atoms with E-state index in [-0.39, 0.29) is 12.2 Å². The van der Waals surface area contributed by atoms with Crippen LogP contribution in [-0.4, -0.2) is 19.9 Å². The van der Waals surface area contributed by atoms with Crippen LogP contribution < -0.4 is 5.56 Å². The number of nitrogens with zero attached hydrogens (tertiary/aromatic N) is 3. The van der Waals surface area contributed by atoms with Gasteiger partial charge in [-0.3, -0.25) is 9.20 Å². The van der Waals surface area contributed by atoms with Crippen molar-refractivity contribution < 1.29 is 9.53 Å². The third-order valence-electron chi connectivity index (χ3n) is 4.06. The molecule has 3 heterocycles. The molecule has 0 saturated heterocycles. The quantitative estimate of drug-likeness (QED) is 0.529. The van der Waals surface area contributed by atoms with Gasteiger partial charge in [-0.15, -0.1) is 11.3 Å². The van der Waals surface area contributed by atoms with Crippen LogP contribution in [0.5, 0.6) is 0 Å². The summed E-state index contributed by atoms with van der Waals surface area (Å²) in [5.74, 6) is -0.420. The van der Waals surface area contributed by atoms with Crippen molar-refractivity contribution in [3.63, 3.8) is 0 Å². The molecule has 0 aliphatic rings. The van der Waals surface area contributed by atoms with Crippen LogP contribution in [0.4, 0.5) is 0 Å². The Balaban J connectivity index is 1.61. The lowest BCUT2D eigenvalue weighted by molar-refractivity contribution is 0.0470. The molecule has 0 bridgehead atoms. The first-order chi connectivity index (χ1) is 12.2. The number of hydrogen-bond acceptors (Lipinski definition) is 5. The van der Waals surface area contributed by atoms with Gasteiger partial charge in [-0.05, 0) is 13.0 Å². The summed E-state index contributed by atoms with van der Waals surface area (Å²) in [6.45, 7) is 2.75. The molecule has 0 unspecified atom stereocenters. The summed E-state index contributed by atoms with van der Waals surface area (Å²) in [5.41, 5.74) is 1.78. The van der Waals surface area contributed by atoms with Crippen molar-refractivity contribution in [1.29, 1.82) is 0 Å². The molecule has 0 aliphatic heterocycles. The SMILES string of the molecule is CCn1cc(C(=O)OCc2cc(=O)n3ccsc3n2)c2ccccc21. The van der Waals surface area contributed by atoms with Crippen LogP contribution >= 0.6 is 11.3 Å². The Kier molecular flexibility index (Phi) is 3.85. The molecule has 0 aliphatic carbocycles. The van der Waals surface area contributed by atoms with E-state index in [1.165, 1.54) is 21.8 Å². The number of thiazole rings is 1. The van der Waals surface area contributed by atoms with Gasteiger partial charge in [-0.25, -0.2) is 9.78 Å². The van der Waals surface area contributed by atoms with Gasteiger partial charge < -0.3 is 9.30 Å². The average Bonchev–Trinajstić information content (AvgIpc) is 3.24. The predicted molar refractivity (Wildman–Crippen MR) is 96.1 cm³/mol. The molecule has 7 heteroatoms. The molecule has 1 aromatic carbocycles. The van der Waals surface area contributed by atoms with Crippen molar-refractivity contribution in [3.05, 3.63) is 69.7 Å². The highest BCUT2D eigenvalue weighted by Gasteiger charge is 2.16. The summed E-state index contributed by atoms with van der Waals surface area (Å²) in [5, 5.41) is 2.65. The Morgan fingerprint density at radius 3 is 3.00 bits per heavy atom. The molecule has 0 saturated carbocycles. The van der Waals surface area contributed by atoms with Gasteiger partial charge >= 0.3 is 5.97 Å². The highest BCUT2D eigenvalue weighted by Crippen LogP contribution is 2.22. The van der Waals surface area contributed by atoms with Gasteiger partial charge in [0, 0.05) is 41.3 Å². The van der Waals surface area contributed by atoms with Gasteiger partial charge in [0.2, 0.25) is 0 Å². The number of aryl methyl sites for hydroxylation is 1. The van der Waals surface area contributed by atoms with Gasteiger partial charge in [-0.2, -0.15) is 0 Å². The molecule has 0 N–H and O–H groups in total. The van der Waals surface area contributed by atoms with Crippen molar-refractivity contribution in [2.75, 3.05) is 0 Å². The fourth-order valence-electron chi connectivity index (χ4n) is 2.85. The van der Waals surface area contributed by atoms with Crippen LogP contribution in [0.15, 0.2) is 52.9 Å². The molecule has 0 spiro atoms. The van der Waals surface area contributed by atoms with Crippen molar-refractivity contribution in [2.24, 2.45) is 0 Å². The van der Waals surface area contributed by atoms with Crippen LogP contribution in [0.1, 0.15) is 23.0 Å². The van der Waals surface area contributed by atoms with Crippen molar-refractivity contribution in [2.45, 2.75) is 20.1 Å². The lowest BCUT2D eigenvalue weighted by atomic mass is 10.2. The van der Waals surface area contributed by atoms with E-state index in [9.17, 15) is 9.59 Å². The number of rotatable bonds is 4. The number of benzene rings is 1. The van der Waals surface area contributed by atoms with E-state index in [0.29, 0.717) is 16.2 Å². The minimum absolute atomic E-state index is 0.0336. The third kappa shape index (κ3) is 2.72. The van der Waals surface area contributed by atoms with E-state index in [1.54, 1.807) is 17.8 Å². The predicted octanol–water partition coefficient (Wildman–Crippen LogP) is 3.09. The molecule has 4 rings (SSSR count). The number of fused-ring (bicyclic) bond motifs is 2. The average molecular weight is 353 g/mol. The second-order valence-electron chi connectivity index (χ2n) is 5.56. The van der Waals surface area contributed by atoms with Gasteiger partial charge in [0.05, 0.1) is 11.3 Å². The largest absolute Gasteiger partial charge is 0.456 e. The summed E-state index contributed by atoms with van der Waals surface area (Å²) in [6, 6.07) is 9.11. The smallest absolute Gasteiger partial charge is 0.340 e. The summed E-state index contributed by atoms with van der Waals surface area (Å²) < 4.78 is 8.87. The summed E-state index contributed by atoms with van der Waals surface area (Å²) in [6.07, 6.45) is 3.47. The number of ether oxygens (including phenoxy) is 1. The normalized spacial score (nSPS) is 11.2. The minimum atomic E-state index is -0.420. The zero-order valence-electron chi connectivity index (χ0n) is 13.5. The monoisotopic (exact) mass is 353 g/mol. The maximum Gasteiger partial charge on any atom is 0.340 e. The fourth-order valence-corrected chi connectivity index (χ4v) is 3.59. The number of aromatic nitrogens is 3. The van der Waals surface area contributed by atoms with E-state index >= 15 is 0 Å². The first-order valence-corrected chi connectivity index (χ1v) is 8.76. The van der Waals surface area contributed by atoms with Gasteiger partial charge in [0.25, 0.3) is 5.56 Å². The van der Waals surface area contributed by atoms with Crippen LogP contribution in [0.25, 0.3) is 15.9 Å². The number of hydrogen-bond donors (Lipinski definition) is 0. The Bertz CT molecular complexity index is 1140. The molecule has 0 radical (unpaired) electrons. The van der Waals surface area contributed by atoms with E-state index in [0.717, 1.165) is 17.4 Å². The number of carbonyl (C=O) groups is 1. The topological polar surface area (TPSA) is 65.6 Å². The summed E-state index contributed by atoms with van der Waals surface area (Å²) in [7, 11) is 0. The highest BCUT2D eigenvalue weighted by atomic mass is 32.1. The number of carbonyl (C=O) groups excluding carboxylic acids is 1. The van der Waals surface area contributed by atoms with Gasteiger partial charge in [0.1, 0.15) is 6.61 Å². The Morgan fingerprint density at radius 1 is 1.32 bits per heavy atom. The van der Waals surface area contributed by atoms with Crippen molar-refractivity contribution >= 4 is 33.2 Å². The van der Waals surface area contributed by atoms with Crippen LogP contribution in [0.3, 0.4) is 0 Å². The van der Waals surface area contributed by atoms with E-state index in [2.05, 4.69) is 4.98 Å². The number of para-hydroxylation sites is 1. The van der Waals surface area contributed by atoms with Crippen LogP contribution in [0, 0.1) is 0 Å². The molecular formula is C18H15N3O3S. The molecule has 25 heavy (non-hydrogen) atoms. The molecule has 6 nitrogen and oxygen atoms in total. The molecule has 126 valence electrons. The molecule has 4 aromatic rings. The van der Waals surface area contributed by atoms with Crippen molar-refractivity contribution in [1.82, 2.24) is 14.0 Å². The maximum absolute atomic E-state index is 12.5. The molecular weight excluding hydrogens is 338 g/mol. The lowest BCUT2D eigenvalue weighted by Gasteiger charge is -2.04. The Hall–Kier alpha value is -2.93. The Labute approximate surface area is 146 Å². The first kappa shape index (κ1) is 15.6. The van der Waals surface area contributed by atoms with E-state index in [1.807, 2.05) is 35.8 Å². The van der Waals surface area contributed by atoms with Crippen LogP contribution in [-0.2, 0) is 17.9 Å².